The number of nitrogens with one attached hydrogen (secondary N) is 1. The van der Waals surface area contributed by atoms with E-state index in [0.717, 1.165) is 25.9 Å². The third-order valence-corrected chi connectivity index (χ3v) is 4.94. The minimum atomic E-state index is -0.222. The molecule has 6 nitrogen and oxygen atoms in total. The number of carbonyl (C=O) groups is 2. The topological polar surface area (TPSA) is 65.5 Å². The van der Waals surface area contributed by atoms with Gasteiger partial charge in [-0.3, -0.25) is 19.4 Å². The minimum Gasteiger partial charge on any atom is -0.319 e. The Morgan fingerprint density at radius 2 is 1.81 bits per heavy atom. The molecule has 1 saturated heterocycles. The molecule has 1 N–H and O–H groups in total. The lowest BCUT2D eigenvalue weighted by Gasteiger charge is -2.26. The molecule has 26 heavy (non-hydrogen) atoms. The van der Waals surface area contributed by atoms with Crippen LogP contribution >= 0.6 is 0 Å². The molecule has 2 aliphatic rings. The Morgan fingerprint density at radius 3 is 2.62 bits per heavy atom. The number of pyridine rings is 1. The number of fused-ring (bicyclic) bond motifs is 2. The first-order valence-corrected chi connectivity index (χ1v) is 9.15. The van der Waals surface area contributed by atoms with Crippen LogP contribution < -0.4 is 10.2 Å². The highest BCUT2D eigenvalue weighted by Crippen LogP contribution is 2.36. The van der Waals surface area contributed by atoms with Crippen LogP contribution in [-0.2, 0) is 4.79 Å². The smallest absolute Gasteiger partial charge is 0.257 e. The molecule has 0 atom stereocenters. The van der Waals surface area contributed by atoms with Crippen LogP contribution in [0, 0.1) is 0 Å². The fraction of sp³-hybridized carbons (Fsp3) is 0.350. The van der Waals surface area contributed by atoms with Crippen molar-refractivity contribution in [3.05, 3.63) is 48.2 Å². The second kappa shape index (κ2) is 7.25. The maximum atomic E-state index is 13.3. The Hall–Kier alpha value is -2.73. The number of hydrogen-bond donors (Lipinski definition) is 1. The molecular formula is C20H22N4O2. The number of anilines is 3. The van der Waals surface area contributed by atoms with Gasteiger partial charge in [-0.2, -0.15) is 0 Å². The van der Waals surface area contributed by atoms with Crippen LogP contribution in [0.5, 0.6) is 0 Å². The average molecular weight is 350 g/mol. The third kappa shape index (κ3) is 3.20. The maximum Gasteiger partial charge on any atom is 0.257 e. The highest BCUT2D eigenvalue weighted by atomic mass is 16.2. The zero-order valence-corrected chi connectivity index (χ0v) is 14.6. The molecule has 2 amide bonds. The van der Waals surface area contributed by atoms with E-state index in [1.165, 1.54) is 12.8 Å². The monoisotopic (exact) mass is 350 g/mol. The predicted molar refractivity (Wildman–Crippen MR) is 101 cm³/mol. The molecule has 4 rings (SSSR count). The van der Waals surface area contributed by atoms with Crippen molar-refractivity contribution in [2.45, 2.75) is 25.7 Å². The van der Waals surface area contributed by atoms with Gasteiger partial charge < -0.3 is 5.32 Å². The summed E-state index contributed by atoms with van der Waals surface area (Å²) in [6.45, 7) is 2.21. The van der Waals surface area contributed by atoms with Crippen molar-refractivity contribution in [3.8, 4) is 0 Å². The van der Waals surface area contributed by atoms with Crippen molar-refractivity contribution in [1.29, 1.82) is 0 Å². The fourth-order valence-electron chi connectivity index (χ4n) is 3.65. The van der Waals surface area contributed by atoms with Crippen molar-refractivity contribution in [3.63, 3.8) is 0 Å². The zero-order valence-electron chi connectivity index (χ0n) is 14.6. The number of amides is 2. The number of nitrogens with zero attached hydrogens (tertiary/aromatic N) is 3. The van der Waals surface area contributed by atoms with Gasteiger partial charge in [0, 0.05) is 6.20 Å². The Bertz CT molecular complexity index is 828. The molecule has 0 unspecified atom stereocenters. The van der Waals surface area contributed by atoms with Gasteiger partial charge in [-0.15, -0.1) is 0 Å². The zero-order chi connectivity index (χ0) is 17.9. The normalized spacial score (nSPS) is 17.5. The van der Waals surface area contributed by atoms with E-state index in [4.69, 9.17) is 0 Å². The molecule has 2 aliphatic heterocycles. The summed E-state index contributed by atoms with van der Waals surface area (Å²) >= 11 is 0. The van der Waals surface area contributed by atoms with Gasteiger partial charge in [-0.25, -0.2) is 4.98 Å². The number of carbonyl (C=O) groups excluding carboxylic acids is 2. The summed E-state index contributed by atoms with van der Waals surface area (Å²) in [4.78, 5) is 34.1. The molecule has 134 valence electrons. The molecule has 1 aromatic heterocycles. The number of rotatable bonds is 2. The molecule has 1 aromatic carbocycles. The average Bonchev–Trinajstić information content (AvgIpc) is 2.98. The molecule has 2 aromatic rings. The number of aromatic nitrogens is 1. The molecule has 0 radical (unpaired) electrons. The van der Waals surface area contributed by atoms with Crippen LogP contribution in [-0.4, -0.2) is 41.3 Å². The van der Waals surface area contributed by atoms with E-state index in [-0.39, 0.29) is 11.8 Å². The highest BCUT2D eigenvalue weighted by Gasteiger charge is 2.30. The first-order valence-electron chi connectivity index (χ1n) is 9.15. The maximum absolute atomic E-state index is 13.3. The summed E-state index contributed by atoms with van der Waals surface area (Å²) < 4.78 is 0. The second-order valence-corrected chi connectivity index (χ2v) is 6.77. The summed E-state index contributed by atoms with van der Waals surface area (Å²) in [5.74, 6) is 0.196. The molecule has 0 spiro atoms. The highest BCUT2D eigenvalue weighted by molar-refractivity contribution is 6.17. The molecule has 1 fully saturated rings. The van der Waals surface area contributed by atoms with Gasteiger partial charge in [0.2, 0.25) is 5.91 Å². The predicted octanol–water partition coefficient (Wildman–Crippen LogP) is 3.19. The van der Waals surface area contributed by atoms with E-state index < -0.39 is 0 Å². The summed E-state index contributed by atoms with van der Waals surface area (Å²) in [6.07, 6.45) is 6.34. The quantitative estimate of drug-likeness (QED) is 0.903. The van der Waals surface area contributed by atoms with Gasteiger partial charge in [0.05, 0.1) is 23.5 Å². The number of para-hydroxylation sites is 1. The van der Waals surface area contributed by atoms with Crippen LogP contribution in [0.1, 0.15) is 36.0 Å². The van der Waals surface area contributed by atoms with Crippen LogP contribution in [0.2, 0.25) is 0 Å². The molecule has 6 heteroatoms. The van der Waals surface area contributed by atoms with E-state index in [1.807, 2.05) is 6.07 Å². The van der Waals surface area contributed by atoms with E-state index in [2.05, 4.69) is 15.2 Å². The lowest BCUT2D eigenvalue weighted by molar-refractivity contribution is -0.119. The third-order valence-electron chi connectivity index (χ3n) is 4.94. The van der Waals surface area contributed by atoms with Crippen LogP contribution in [0.25, 0.3) is 0 Å². The van der Waals surface area contributed by atoms with Crippen molar-refractivity contribution in [2.24, 2.45) is 0 Å². The van der Waals surface area contributed by atoms with E-state index >= 15 is 0 Å². The largest absolute Gasteiger partial charge is 0.319 e. The van der Waals surface area contributed by atoms with Crippen LogP contribution in [0.4, 0.5) is 17.2 Å². The van der Waals surface area contributed by atoms with Gasteiger partial charge in [0.15, 0.2) is 5.82 Å². The van der Waals surface area contributed by atoms with Gasteiger partial charge in [-0.05, 0) is 50.2 Å². The molecule has 3 heterocycles. The molecule has 0 bridgehead atoms. The Morgan fingerprint density at radius 1 is 1.04 bits per heavy atom. The van der Waals surface area contributed by atoms with Gasteiger partial charge in [0.1, 0.15) is 0 Å². The van der Waals surface area contributed by atoms with E-state index in [9.17, 15) is 9.59 Å². The Kier molecular flexibility index (Phi) is 4.67. The summed E-state index contributed by atoms with van der Waals surface area (Å²) in [5.41, 5.74) is 1.62. The standard InChI is InChI=1S/C20H22N4O2/c25-18(14-23-12-5-1-2-6-13-23)24-17-10-4-3-8-15(17)20(26)22-16-9-7-11-21-19(16)24/h3-4,7-11H,1-2,5-6,12-14H2,(H,22,26). The van der Waals surface area contributed by atoms with Gasteiger partial charge >= 0.3 is 0 Å². The second-order valence-electron chi connectivity index (χ2n) is 6.77. The van der Waals surface area contributed by atoms with Gasteiger partial charge in [-0.1, -0.05) is 25.0 Å². The first kappa shape index (κ1) is 16.7. The first-order chi connectivity index (χ1) is 12.7. The number of likely N-dealkylation sites (tertiary alicyclic amines) is 1. The Labute approximate surface area is 152 Å². The van der Waals surface area contributed by atoms with E-state index in [1.54, 1.807) is 41.4 Å². The molecule has 0 saturated carbocycles. The number of hydrogen-bond acceptors (Lipinski definition) is 4. The summed E-state index contributed by atoms with van der Waals surface area (Å²) in [5, 5.41) is 2.87. The lowest BCUT2D eigenvalue weighted by Crippen LogP contribution is -2.39. The lowest BCUT2D eigenvalue weighted by atomic mass is 10.1. The summed E-state index contributed by atoms with van der Waals surface area (Å²) in [7, 11) is 0. The van der Waals surface area contributed by atoms with E-state index in [0.29, 0.717) is 29.3 Å². The fourth-order valence-corrected chi connectivity index (χ4v) is 3.65. The van der Waals surface area contributed by atoms with Crippen LogP contribution in [0.15, 0.2) is 42.6 Å². The Balaban J connectivity index is 1.72. The molecular weight excluding hydrogens is 328 g/mol. The van der Waals surface area contributed by atoms with Crippen molar-refractivity contribution < 1.29 is 9.59 Å². The van der Waals surface area contributed by atoms with Crippen LogP contribution in [0.3, 0.4) is 0 Å². The SMILES string of the molecule is O=C1Nc2cccnc2N(C(=O)CN2CCCCCC2)c2ccccc21. The van der Waals surface area contributed by atoms with Gasteiger partial charge in [0.25, 0.3) is 5.91 Å². The van der Waals surface area contributed by atoms with Crippen molar-refractivity contribution in [2.75, 3.05) is 29.9 Å². The number of benzene rings is 1. The summed E-state index contributed by atoms with van der Waals surface area (Å²) in [6, 6.07) is 10.7. The van der Waals surface area contributed by atoms with Crippen molar-refractivity contribution in [1.82, 2.24) is 9.88 Å². The van der Waals surface area contributed by atoms with Crippen molar-refractivity contribution >= 4 is 29.0 Å². The molecule has 0 aliphatic carbocycles. The minimum absolute atomic E-state index is 0.0594.